The summed E-state index contributed by atoms with van der Waals surface area (Å²) in [5, 5.41) is 0. The van der Waals surface area contributed by atoms with Gasteiger partial charge in [-0.3, -0.25) is 4.79 Å². The van der Waals surface area contributed by atoms with Gasteiger partial charge in [-0.2, -0.15) is 15.0 Å². The minimum atomic E-state index is -0.0308. The van der Waals surface area contributed by atoms with Crippen LogP contribution in [0.25, 0.3) is 0 Å². The first-order valence-electron chi connectivity index (χ1n) is 9.00. The number of nitrogens with two attached hydrogens (primary N) is 1. The fourth-order valence-electron chi connectivity index (χ4n) is 2.56. The van der Waals surface area contributed by atoms with E-state index in [1.165, 1.54) is 13.3 Å². The van der Waals surface area contributed by atoms with Crippen LogP contribution in [0.2, 0.25) is 0 Å². The second kappa shape index (κ2) is 9.92. The van der Waals surface area contributed by atoms with Crippen molar-refractivity contribution < 1.29 is 19.0 Å². The Labute approximate surface area is 178 Å². The monoisotopic (exact) mass is 420 g/mol. The molecule has 1 aromatic heterocycles. The molecule has 0 aliphatic carbocycles. The summed E-state index contributed by atoms with van der Waals surface area (Å²) < 4.78 is 15.7. The summed E-state index contributed by atoms with van der Waals surface area (Å²) >= 11 is 0. The lowest BCUT2D eigenvalue weighted by Crippen LogP contribution is -1.97. The van der Waals surface area contributed by atoms with Crippen LogP contribution >= 0.6 is 0 Å². The van der Waals surface area contributed by atoms with Crippen LogP contribution in [0.1, 0.15) is 21.5 Å². The summed E-state index contributed by atoms with van der Waals surface area (Å²) in [7, 11) is 4.64. The number of methoxy groups -OCH3 is 3. The number of aliphatic imine (C=N–C) groups is 2. The average molecular weight is 420 g/mol. The minimum absolute atomic E-state index is 0.0308. The van der Waals surface area contributed by atoms with Gasteiger partial charge in [0.05, 0.1) is 21.3 Å². The lowest BCUT2D eigenvalue weighted by atomic mass is 10.1. The van der Waals surface area contributed by atoms with E-state index in [4.69, 9.17) is 19.9 Å². The van der Waals surface area contributed by atoms with Crippen LogP contribution in [0, 0.1) is 0 Å². The molecule has 3 aromatic rings. The highest BCUT2D eigenvalue weighted by molar-refractivity contribution is 5.86. The third-order valence-electron chi connectivity index (χ3n) is 3.98. The lowest BCUT2D eigenvalue weighted by molar-refractivity contribution is 0.112. The Kier molecular flexibility index (Phi) is 6.84. The highest BCUT2D eigenvalue weighted by Crippen LogP contribution is 2.22. The van der Waals surface area contributed by atoms with E-state index in [2.05, 4.69) is 24.9 Å². The SMILES string of the molecule is COc1cc(C=O)cc(/C=N/c2nc(N)nc(/N=C/c3cc(OC)cc(OC)c3)n2)c1. The van der Waals surface area contributed by atoms with E-state index in [1.54, 1.807) is 56.8 Å². The molecule has 3 rings (SSSR count). The van der Waals surface area contributed by atoms with Crippen LogP contribution in [-0.4, -0.2) is 55.0 Å². The molecule has 0 saturated carbocycles. The van der Waals surface area contributed by atoms with Gasteiger partial charge in [0.2, 0.25) is 5.95 Å². The molecule has 0 aliphatic heterocycles. The topological polar surface area (TPSA) is 134 Å². The maximum absolute atomic E-state index is 11.1. The molecule has 1 heterocycles. The van der Waals surface area contributed by atoms with Crippen molar-refractivity contribution >= 4 is 36.6 Å². The summed E-state index contributed by atoms with van der Waals surface area (Å²) in [6, 6.07) is 10.3. The highest BCUT2D eigenvalue weighted by Gasteiger charge is 2.04. The van der Waals surface area contributed by atoms with E-state index in [1.807, 2.05) is 0 Å². The predicted molar refractivity (Wildman–Crippen MR) is 117 cm³/mol. The summed E-state index contributed by atoms with van der Waals surface area (Å²) in [6.07, 6.45) is 3.76. The molecule has 2 aromatic carbocycles. The summed E-state index contributed by atoms with van der Waals surface area (Å²) in [6.45, 7) is 0. The molecule has 0 spiro atoms. The molecule has 10 heteroatoms. The van der Waals surface area contributed by atoms with Crippen LogP contribution in [0.15, 0.2) is 46.4 Å². The fourth-order valence-corrected chi connectivity index (χ4v) is 2.56. The number of carbonyl (C=O) groups excluding carboxylic acids is 1. The normalized spacial score (nSPS) is 11.1. The van der Waals surface area contributed by atoms with E-state index in [9.17, 15) is 4.79 Å². The zero-order valence-electron chi connectivity index (χ0n) is 17.1. The van der Waals surface area contributed by atoms with Gasteiger partial charge in [0.15, 0.2) is 0 Å². The number of hydrogen-bond acceptors (Lipinski definition) is 10. The molecule has 10 nitrogen and oxygen atoms in total. The maximum atomic E-state index is 11.1. The highest BCUT2D eigenvalue weighted by atomic mass is 16.5. The molecule has 0 atom stereocenters. The van der Waals surface area contributed by atoms with Gasteiger partial charge in [-0.15, -0.1) is 0 Å². The third kappa shape index (κ3) is 5.82. The van der Waals surface area contributed by atoms with Crippen LogP contribution in [0.3, 0.4) is 0 Å². The Morgan fingerprint density at radius 3 is 1.65 bits per heavy atom. The van der Waals surface area contributed by atoms with Gasteiger partial charge in [-0.25, -0.2) is 9.98 Å². The van der Waals surface area contributed by atoms with Gasteiger partial charge in [0.25, 0.3) is 11.9 Å². The van der Waals surface area contributed by atoms with Gasteiger partial charge in [-0.1, -0.05) is 0 Å². The number of carbonyl (C=O) groups is 1. The molecule has 0 amide bonds. The molecule has 2 N–H and O–H groups in total. The summed E-state index contributed by atoms with van der Waals surface area (Å²) in [5.41, 5.74) is 7.57. The van der Waals surface area contributed by atoms with Crippen LogP contribution < -0.4 is 19.9 Å². The second-order valence-electron chi connectivity index (χ2n) is 6.11. The zero-order chi connectivity index (χ0) is 22.2. The van der Waals surface area contributed by atoms with Gasteiger partial charge in [0.1, 0.15) is 23.5 Å². The predicted octanol–water partition coefficient (Wildman–Crippen LogP) is 2.79. The van der Waals surface area contributed by atoms with Crippen molar-refractivity contribution in [1.29, 1.82) is 0 Å². The van der Waals surface area contributed by atoms with Gasteiger partial charge >= 0.3 is 0 Å². The standard InChI is InChI=1S/C21H20N6O4/c1-29-16-5-13(4-15(8-16)12-28)10-23-20-25-19(22)26-21(27-20)24-11-14-6-17(30-2)9-18(7-14)31-3/h4-12H,1-3H3,(H2,22,25,26,27)/b23-10+,24-11+. The molecule has 0 radical (unpaired) electrons. The fraction of sp³-hybridized carbons (Fsp3) is 0.143. The van der Waals surface area contributed by atoms with E-state index in [0.717, 1.165) is 11.8 Å². The maximum Gasteiger partial charge on any atom is 0.256 e. The Morgan fingerprint density at radius 1 is 0.710 bits per heavy atom. The van der Waals surface area contributed by atoms with Crippen LogP contribution in [0.5, 0.6) is 17.2 Å². The number of aromatic nitrogens is 3. The Bertz CT molecular complexity index is 1120. The van der Waals surface area contributed by atoms with Gasteiger partial charge in [-0.05, 0) is 35.9 Å². The molecule has 0 aliphatic rings. The molecular weight excluding hydrogens is 400 g/mol. The quantitative estimate of drug-likeness (QED) is 0.434. The number of rotatable bonds is 8. The summed E-state index contributed by atoms with van der Waals surface area (Å²) in [5.74, 6) is 1.89. The number of benzene rings is 2. The first kappa shape index (κ1) is 21.4. The molecule has 0 bridgehead atoms. The minimum Gasteiger partial charge on any atom is -0.497 e. The molecule has 31 heavy (non-hydrogen) atoms. The lowest BCUT2D eigenvalue weighted by Gasteiger charge is -2.05. The van der Waals surface area contributed by atoms with E-state index in [-0.39, 0.29) is 17.8 Å². The molecule has 158 valence electrons. The Morgan fingerprint density at radius 2 is 1.16 bits per heavy atom. The number of nitrogens with zero attached hydrogens (tertiary/aromatic N) is 5. The van der Waals surface area contributed by atoms with Crippen LogP contribution in [-0.2, 0) is 0 Å². The number of hydrogen-bond donors (Lipinski definition) is 1. The first-order chi connectivity index (χ1) is 15.0. The van der Waals surface area contributed by atoms with Gasteiger partial charge in [0, 0.05) is 29.6 Å². The molecular formula is C21H20N6O4. The Balaban J connectivity index is 1.86. The second-order valence-corrected chi connectivity index (χ2v) is 6.11. The van der Waals surface area contributed by atoms with Crippen molar-refractivity contribution in [3.8, 4) is 17.2 Å². The van der Waals surface area contributed by atoms with Crippen molar-refractivity contribution in [3.05, 3.63) is 53.1 Å². The van der Waals surface area contributed by atoms with E-state index in [0.29, 0.717) is 28.4 Å². The van der Waals surface area contributed by atoms with Crippen molar-refractivity contribution in [3.63, 3.8) is 0 Å². The van der Waals surface area contributed by atoms with Crippen molar-refractivity contribution in [2.45, 2.75) is 0 Å². The molecule has 0 unspecified atom stereocenters. The first-order valence-corrected chi connectivity index (χ1v) is 9.00. The van der Waals surface area contributed by atoms with Gasteiger partial charge < -0.3 is 19.9 Å². The Hall–Kier alpha value is -4.34. The number of anilines is 1. The van der Waals surface area contributed by atoms with E-state index >= 15 is 0 Å². The third-order valence-corrected chi connectivity index (χ3v) is 3.98. The summed E-state index contributed by atoms with van der Waals surface area (Å²) in [4.78, 5) is 31.7. The van der Waals surface area contributed by atoms with Crippen molar-refractivity contribution in [2.24, 2.45) is 9.98 Å². The number of ether oxygens (including phenoxy) is 3. The molecule has 0 saturated heterocycles. The average Bonchev–Trinajstić information content (AvgIpc) is 2.80. The van der Waals surface area contributed by atoms with E-state index < -0.39 is 0 Å². The van der Waals surface area contributed by atoms with Crippen LogP contribution in [0.4, 0.5) is 17.8 Å². The zero-order valence-corrected chi connectivity index (χ0v) is 17.1. The largest absolute Gasteiger partial charge is 0.497 e. The number of aldehydes is 1. The molecule has 0 fully saturated rings. The van der Waals surface area contributed by atoms with Crippen molar-refractivity contribution in [2.75, 3.05) is 27.1 Å². The van der Waals surface area contributed by atoms with Crippen molar-refractivity contribution in [1.82, 2.24) is 15.0 Å². The number of nitrogen functional groups attached to an aromatic ring is 1. The smallest absolute Gasteiger partial charge is 0.256 e.